The summed E-state index contributed by atoms with van der Waals surface area (Å²) in [5, 5.41) is 9.64. The van der Waals surface area contributed by atoms with E-state index in [9.17, 15) is 18.7 Å². The van der Waals surface area contributed by atoms with Gasteiger partial charge < -0.3 is 18.7 Å². The summed E-state index contributed by atoms with van der Waals surface area (Å²) < 4.78 is 74.2. The van der Waals surface area contributed by atoms with Crippen molar-refractivity contribution in [2.75, 3.05) is 19.6 Å². The molecule has 2 aromatic heterocycles. The van der Waals surface area contributed by atoms with Gasteiger partial charge in [0.25, 0.3) is 0 Å². The Morgan fingerprint density at radius 2 is 1.45 bits per heavy atom. The summed E-state index contributed by atoms with van der Waals surface area (Å²) >= 11 is 0. The molecule has 0 radical (unpaired) electrons. The highest BCUT2D eigenvalue weighted by molar-refractivity contribution is 5.85. The molecular weight excluding hydrogens is 692 g/mol. The van der Waals surface area contributed by atoms with E-state index in [0.717, 1.165) is 48.2 Å². The number of benzene rings is 4. The molecule has 0 unspecified atom stereocenters. The van der Waals surface area contributed by atoms with Crippen LogP contribution < -0.4 is 4.74 Å². The van der Waals surface area contributed by atoms with Gasteiger partial charge in [-0.3, -0.25) is 14.6 Å². The van der Waals surface area contributed by atoms with E-state index in [1.54, 1.807) is 17.0 Å². The van der Waals surface area contributed by atoms with Gasteiger partial charge in [0.1, 0.15) is 22.8 Å². The van der Waals surface area contributed by atoms with Gasteiger partial charge in [-0.15, -0.1) is 0 Å². The van der Waals surface area contributed by atoms with Crippen LogP contribution in [0.1, 0.15) is 47.9 Å². The first-order valence-corrected chi connectivity index (χ1v) is 17.6. The maximum Gasteiger partial charge on any atom is 0.387 e. The maximum atomic E-state index is 15.3. The van der Waals surface area contributed by atoms with Gasteiger partial charge in [-0.25, -0.2) is 14.4 Å². The molecular formula is C40H36F4N4O5. The van der Waals surface area contributed by atoms with Gasteiger partial charge in [-0.2, -0.15) is 13.2 Å². The normalized spacial score (nSPS) is 16.8. The Hall–Kier alpha value is -5.27. The van der Waals surface area contributed by atoms with Crippen molar-refractivity contribution < 1.29 is 41.0 Å². The molecule has 0 spiro atoms. The van der Waals surface area contributed by atoms with Crippen LogP contribution in [-0.2, 0) is 17.9 Å². The van der Waals surface area contributed by atoms with Crippen LogP contribution in [-0.4, -0.2) is 63.1 Å². The van der Waals surface area contributed by atoms with E-state index in [-0.39, 0.29) is 46.3 Å². The van der Waals surface area contributed by atoms with E-state index in [2.05, 4.69) is 9.88 Å². The predicted octanol–water partition coefficient (Wildman–Crippen LogP) is 9.11. The molecule has 9 nitrogen and oxygen atoms in total. The van der Waals surface area contributed by atoms with Crippen molar-refractivity contribution in [1.29, 1.82) is 0 Å². The number of alkyl halides is 2. The minimum Gasteiger partial charge on any atom is -0.480 e. The lowest BCUT2D eigenvalue weighted by molar-refractivity contribution is -0.142. The number of rotatable bonds is 10. The lowest BCUT2D eigenvalue weighted by Crippen LogP contribution is -2.35. The number of hydrogen-bond acceptors (Lipinski definition) is 8. The van der Waals surface area contributed by atoms with Crippen LogP contribution in [0.3, 0.4) is 0 Å². The van der Waals surface area contributed by atoms with Crippen molar-refractivity contribution in [3.05, 3.63) is 88.5 Å². The number of ether oxygens (including phenoxy) is 1. The Kier molecular flexibility index (Phi) is 9.15. The molecule has 8 rings (SSSR count). The highest BCUT2D eigenvalue weighted by atomic mass is 19.3. The van der Waals surface area contributed by atoms with E-state index < -0.39 is 30.3 Å². The van der Waals surface area contributed by atoms with E-state index in [0.29, 0.717) is 48.1 Å². The number of fused-ring (bicyclic) bond motifs is 2. The molecule has 4 aromatic carbocycles. The molecule has 6 aromatic rings. The highest BCUT2D eigenvalue weighted by Crippen LogP contribution is 2.39. The highest BCUT2D eigenvalue weighted by Gasteiger charge is 2.32. The first kappa shape index (κ1) is 34.8. The standard InChI is InChI=1S/C40H36F4N4O5/c1-21-25(26-9-6-11-28(22(26)2)38-46-30-17-24(19-47-13-3-4-14-47)34(41)35(42)36(30)53-38)8-5-10-27(21)37-45-29-16-23(20-48-15-7-12-31(48)39(49)50)32(52-40(43)44)18-33(29)51-37/h5-6,8-11,16-18,31,40H,3-4,7,12-15,19-20H2,1-2H3,(H,49,50)/t31-/m0/s1. The molecule has 0 saturated carbocycles. The van der Waals surface area contributed by atoms with Crippen LogP contribution in [0.25, 0.3) is 56.2 Å². The van der Waals surface area contributed by atoms with Crippen molar-refractivity contribution >= 4 is 28.2 Å². The van der Waals surface area contributed by atoms with Crippen LogP contribution in [0.5, 0.6) is 5.75 Å². The lowest BCUT2D eigenvalue weighted by Gasteiger charge is -2.22. The summed E-state index contributed by atoms with van der Waals surface area (Å²) in [5.74, 6) is -2.60. The minimum absolute atomic E-state index is 0.0999. The smallest absolute Gasteiger partial charge is 0.387 e. The number of carbonyl (C=O) groups is 1. The zero-order valence-electron chi connectivity index (χ0n) is 29.1. The summed E-state index contributed by atoms with van der Waals surface area (Å²) in [6.07, 6.45) is 3.22. The summed E-state index contributed by atoms with van der Waals surface area (Å²) in [7, 11) is 0. The largest absolute Gasteiger partial charge is 0.480 e. The van der Waals surface area contributed by atoms with E-state index in [1.807, 2.05) is 50.2 Å². The third kappa shape index (κ3) is 6.52. The first-order valence-electron chi connectivity index (χ1n) is 17.6. The second-order valence-corrected chi connectivity index (χ2v) is 13.8. The summed E-state index contributed by atoms with van der Waals surface area (Å²) in [4.78, 5) is 24.9. The van der Waals surface area contributed by atoms with Crippen molar-refractivity contribution in [1.82, 2.24) is 19.8 Å². The monoisotopic (exact) mass is 728 g/mol. The molecule has 1 N–H and O–H groups in total. The van der Waals surface area contributed by atoms with Crippen molar-refractivity contribution in [2.24, 2.45) is 0 Å². The summed E-state index contributed by atoms with van der Waals surface area (Å²) in [6.45, 7) is 3.34. The Labute approximate surface area is 301 Å². The second-order valence-electron chi connectivity index (χ2n) is 13.8. The fourth-order valence-electron chi connectivity index (χ4n) is 7.74. The van der Waals surface area contributed by atoms with Crippen LogP contribution >= 0.6 is 0 Å². The molecule has 4 heterocycles. The zero-order chi connectivity index (χ0) is 37.0. The van der Waals surface area contributed by atoms with Crippen molar-refractivity contribution in [3.63, 3.8) is 0 Å². The Balaban J connectivity index is 1.13. The number of halogens is 4. The molecule has 2 aliphatic heterocycles. The van der Waals surface area contributed by atoms with Crippen LogP contribution in [0.4, 0.5) is 17.6 Å². The molecule has 2 aliphatic rings. The van der Waals surface area contributed by atoms with Gasteiger partial charge >= 0.3 is 12.6 Å². The lowest BCUT2D eigenvalue weighted by atomic mass is 9.91. The molecule has 0 amide bonds. The Morgan fingerprint density at radius 3 is 2.11 bits per heavy atom. The van der Waals surface area contributed by atoms with E-state index >= 15 is 8.78 Å². The van der Waals surface area contributed by atoms with Crippen molar-refractivity contribution in [3.8, 4) is 39.8 Å². The van der Waals surface area contributed by atoms with E-state index in [4.69, 9.17) is 18.6 Å². The minimum atomic E-state index is -3.09. The maximum absolute atomic E-state index is 15.3. The van der Waals surface area contributed by atoms with Crippen LogP contribution in [0.15, 0.2) is 63.4 Å². The van der Waals surface area contributed by atoms with Gasteiger partial charge in [0.05, 0.1) is 0 Å². The van der Waals surface area contributed by atoms with Gasteiger partial charge in [0.2, 0.25) is 17.6 Å². The molecule has 2 fully saturated rings. The predicted molar refractivity (Wildman–Crippen MR) is 189 cm³/mol. The first-order chi connectivity index (χ1) is 25.5. The summed E-state index contributed by atoms with van der Waals surface area (Å²) in [6, 6.07) is 15.1. The Bertz CT molecular complexity index is 2370. The quantitative estimate of drug-likeness (QED) is 0.138. The fraction of sp³-hybridized carbons (Fsp3) is 0.325. The van der Waals surface area contributed by atoms with Gasteiger partial charge in [0, 0.05) is 41.4 Å². The third-order valence-corrected chi connectivity index (χ3v) is 10.5. The molecule has 274 valence electrons. The van der Waals surface area contributed by atoms with E-state index in [1.165, 1.54) is 6.07 Å². The number of likely N-dealkylation sites (tertiary alicyclic amines) is 2. The average Bonchev–Trinajstić information content (AvgIpc) is 3.95. The second kappa shape index (κ2) is 13.9. The zero-order valence-corrected chi connectivity index (χ0v) is 29.1. The molecule has 0 bridgehead atoms. The summed E-state index contributed by atoms with van der Waals surface area (Å²) in [5.41, 5.74) is 5.90. The molecule has 53 heavy (non-hydrogen) atoms. The van der Waals surface area contributed by atoms with Crippen LogP contribution in [0, 0.1) is 25.5 Å². The van der Waals surface area contributed by atoms with Crippen molar-refractivity contribution in [2.45, 2.75) is 65.3 Å². The average molecular weight is 729 g/mol. The number of carboxylic acid groups (broad SMARTS) is 1. The Morgan fingerprint density at radius 1 is 0.830 bits per heavy atom. The number of nitrogens with zero attached hydrogens (tertiary/aromatic N) is 4. The topological polar surface area (TPSA) is 105 Å². The number of aliphatic carboxylic acids is 1. The SMILES string of the molecule is Cc1c(-c2nc3cc(CN4CCC[C@H]4C(=O)O)c(OC(F)F)cc3o2)cccc1-c1cccc(-c2nc3cc(CN4CCCC4)c(F)c(F)c3o2)c1C. The number of hydrogen-bond donors (Lipinski definition) is 1. The van der Waals surface area contributed by atoms with Gasteiger partial charge in [-0.1, -0.05) is 24.3 Å². The molecule has 0 aliphatic carbocycles. The third-order valence-electron chi connectivity index (χ3n) is 10.5. The molecule has 13 heteroatoms. The number of aromatic nitrogens is 2. The molecule has 1 atom stereocenters. The number of oxazole rings is 2. The van der Waals surface area contributed by atoms with Gasteiger partial charge in [0.15, 0.2) is 17.0 Å². The molecule has 2 saturated heterocycles. The van der Waals surface area contributed by atoms with Gasteiger partial charge in [-0.05, 0) is 106 Å². The van der Waals surface area contributed by atoms with Crippen LogP contribution in [0.2, 0.25) is 0 Å². The number of carboxylic acids is 1. The fourth-order valence-corrected chi connectivity index (χ4v) is 7.74.